The number of ether oxygens (including phenoxy) is 1. The van der Waals surface area contributed by atoms with E-state index in [2.05, 4.69) is 62.2 Å². The summed E-state index contributed by atoms with van der Waals surface area (Å²) in [7, 11) is 0. The molecule has 0 N–H and O–H groups in total. The third-order valence-corrected chi connectivity index (χ3v) is 4.32. The molecule has 3 aromatic rings. The largest absolute Gasteiger partial charge is 0.487 e. The third-order valence-electron chi connectivity index (χ3n) is 4.32. The molecular formula is C23H25NO. The Morgan fingerprint density at radius 3 is 2.24 bits per heavy atom. The van der Waals surface area contributed by atoms with E-state index in [0.29, 0.717) is 6.61 Å². The van der Waals surface area contributed by atoms with Gasteiger partial charge >= 0.3 is 0 Å². The Balaban J connectivity index is 1.72. The summed E-state index contributed by atoms with van der Waals surface area (Å²) in [6, 6.07) is 21.1. The number of hydrogen-bond acceptors (Lipinski definition) is 2. The smallest absolute Gasteiger partial charge is 0.141 e. The van der Waals surface area contributed by atoms with E-state index in [4.69, 9.17) is 4.74 Å². The number of rotatable bonds is 5. The van der Waals surface area contributed by atoms with Gasteiger partial charge < -0.3 is 4.74 Å². The second-order valence-corrected chi connectivity index (χ2v) is 7.38. The summed E-state index contributed by atoms with van der Waals surface area (Å²) < 4.78 is 6.01. The molecule has 0 aliphatic heterocycles. The van der Waals surface area contributed by atoms with Crippen LogP contribution in [0.4, 0.5) is 0 Å². The summed E-state index contributed by atoms with van der Waals surface area (Å²) in [5.74, 6) is 0.853. The van der Waals surface area contributed by atoms with Crippen molar-refractivity contribution < 1.29 is 4.74 Å². The Hall–Kier alpha value is -2.61. The Morgan fingerprint density at radius 1 is 0.840 bits per heavy atom. The normalized spacial score (nSPS) is 11.3. The number of hydrogen-bond donors (Lipinski definition) is 0. The average Bonchev–Trinajstić information content (AvgIpc) is 2.62. The van der Waals surface area contributed by atoms with E-state index in [1.54, 1.807) is 0 Å². The summed E-state index contributed by atoms with van der Waals surface area (Å²) in [5, 5.41) is 0. The van der Waals surface area contributed by atoms with Crippen molar-refractivity contribution in [1.82, 2.24) is 4.98 Å². The molecule has 3 rings (SSSR count). The van der Waals surface area contributed by atoms with E-state index < -0.39 is 0 Å². The molecule has 0 unspecified atom stereocenters. The zero-order valence-electron chi connectivity index (χ0n) is 15.2. The van der Waals surface area contributed by atoms with Crippen molar-refractivity contribution in [2.75, 3.05) is 0 Å². The Bertz CT molecular complexity index is 802. The zero-order chi connectivity index (χ0) is 17.7. The fourth-order valence-corrected chi connectivity index (χ4v) is 2.76. The van der Waals surface area contributed by atoms with Gasteiger partial charge in [0.1, 0.15) is 12.4 Å². The first-order valence-electron chi connectivity index (χ1n) is 8.71. The molecule has 0 aliphatic carbocycles. The van der Waals surface area contributed by atoms with Crippen LogP contribution in [0.5, 0.6) is 5.75 Å². The molecule has 0 atom stereocenters. The molecule has 1 heterocycles. The molecule has 2 heteroatoms. The van der Waals surface area contributed by atoms with Gasteiger partial charge in [-0.1, -0.05) is 75.4 Å². The predicted octanol–water partition coefficient (Wildman–Crippen LogP) is 5.55. The standard InChI is InChI=1S/C23H25NO/c1-23(2,3)21-11-9-18(10-12-21)15-20-13-14-24-16-22(20)25-17-19-7-5-4-6-8-19/h4-14,16H,15,17H2,1-3H3. The van der Waals surface area contributed by atoms with Gasteiger partial charge in [0.2, 0.25) is 0 Å². The van der Waals surface area contributed by atoms with E-state index in [1.165, 1.54) is 11.1 Å². The van der Waals surface area contributed by atoms with Gasteiger partial charge in [0.05, 0.1) is 6.20 Å². The minimum atomic E-state index is 0.180. The highest BCUT2D eigenvalue weighted by molar-refractivity contribution is 5.37. The summed E-state index contributed by atoms with van der Waals surface area (Å²) in [5.41, 5.74) is 5.13. The fraction of sp³-hybridized carbons (Fsp3) is 0.261. The maximum absolute atomic E-state index is 6.01. The number of aromatic nitrogens is 1. The molecule has 0 bridgehead atoms. The topological polar surface area (TPSA) is 22.1 Å². The van der Waals surface area contributed by atoms with Crippen LogP contribution in [0.15, 0.2) is 73.1 Å². The lowest BCUT2D eigenvalue weighted by molar-refractivity contribution is 0.302. The van der Waals surface area contributed by atoms with Crippen molar-refractivity contribution in [2.24, 2.45) is 0 Å². The zero-order valence-corrected chi connectivity index (χ0v) is 15.2. The maximum Gasteiger partial charge on any atom is 0.141 e. The number of benzene rings is 2. The van der Waals surface area contributed by atoms with E-state index in [9.17, 15) is 0 Å². The fourth-order valence-electron chi connectivity index (χ4n) is 2.76. The van der Waals surface area contributed by atoms with E-state index in [-0.39, 0.29) is 5.41 Å². The molecule has 128 valence electrons. The molecule has 0 amide bonds. The number of nitrogens with zero attached hydrogens (tertiary/aromatic N) is 1. The van der Waals surface area contributed by atoms with Crippen molar-refractivity contribution in [3.8, 4) is 5.75 Å². The highest BCUT2D eigenvalue weighted by Crippen LogP contribution is 2.25. The van der Waals surface area contributed by atoms with Crippen LogP contribution in [0.25, 0.3) is 0 Å². The monoisotopic (exact) mass is 331 g/mol. The molecule has 0 saturated heterocycles. The molecule has 0 aliphatic rings. The van der Waals surface area contributed by atoms with Gasteiger partial charge in [0.15, 0.2) is 0 Å². The summed E-state index contributed by atoms with van der Waals surface area (Å²) >= 11 is 0. The molecule has 2 aromatic carbocycles. The van der Waals surface area contributed by atoms with Crippen LogP contribution in [-0.2, 0) is 18.4 Å². The van der Waals surface area contributed by atoms with Crippen LogP contribution in [0.3, 0.4) is 0 Å². The van der Waals surface area contributed by atoms with Crippen LogP contribution in [-0.4, -0.2) is 4.98 Å². The van der Waals surface area contributed by atoms with Crippen LogP contribution in [0.2, 0.25) is 0 Å². The van der Waals surface area contributed by atoms with Crippen LogP contribution in [0.1, 0.15) is 43.0 Å². The molecule has 2 nitrogen and oxygen atoms in total. The van der Waals surface area contributed by atoms with Crippen molar-refractivity contribution in [2.45, 2.75) is 39.2 Å². The molecule has 0 radical (unpaired) electrons. The lowest BCUT2D eigenvalue weighted by atomic mass is 9.86. The van der Waals surface area contributed by atoms with Crippen molar-refractivity contribution in [1.29, 1.82) is 0 Å². The van der Waals surface area contributed by atoms with Gasteiger partial charge in [-0.25, -0.2) is 0 Å². The summed E-state index contributed by atoms with van der Waals surface area (Å²) in [6.45, 7) is 7.27. The SMILES string of the molecule is CC(C)(C)c1ccc(Cc2ccncc2OCc2ccccc2)cc1. The predicted molar refractivity (Wildman–Crippen MR) is 103 cm³/mol. The maximum atomic E-state index is 6.01. The van der Waals surface area contributed by atoms with Gasteiger partial charge in [0.25, 0.3) is 0 Å². The summed E-state index contributed by atoms with van der Waals surface area (Å²) in [4.78, 5) is 4.22. The Morgan fingerprint density at radius 2 is 1.56 bits per heavy atom. The van der Waals surface area contributed by atoms with Gasteiger partial charge in [-0.2, -0.15) is 0 Å². The van der Waals surface area contributed by atoms with Crippen molar-refractivity contribution in [3.63, 3.8) is 0 Å². The van der Waals surface area contributed by atoms with Gasteiger partial charge in [-0.15, -0.1) is 0 Å². The Labute approximate surface area is 150 Å². The molecule has 1 aromatic heterocycles. The van der Waals surface area contributed by atoms with E-state index >= 15 is 0 Å². The van der Waals surface area contributed by atoms with Gasteiger partial charge in [-0.05, 0) is 28.2 Å². The second kappa shape index (κ2) is 7.52. The number of pyridine rings is 1. The lowest BCUT2D eigenvalue weighted by Gasteiger charge is -2.19. The molecule has 0 saturated carbocycles. The Kier molecular flexibility index (Phi) is 5.18. The minimum absolute atomic E-state index is 0.180. The van der Waals surface area contributed by atoms with Gasteiger partial charge in [-0.3, -0.25) is 4.98 Å². The van der Waals surface area contributed by atoms with Crippen LogP contribution in [0, 0.1) is 0 Å². The highest BCUT2D eigenvalue weighted by atomic mass is 16.5. The lowest BCUT2D eigenvalue weighted by Crippen LogP contribution is -2.10. The first-order chi connectivity index (χ1) is 12.0. The van der Waals surface area contributed by atoms with E-state index in [1.807, 2.05) is 36.7 Å². The van der Waals surface area contributed by atoms with E-state index in [0.717, 1.165) is 23.3 Å². The highest BCUT2D eigenvalue weighted by Gasteiger charge is 2.13. The second-order valence-electron chi connectivity index (χ2n) is 7.38. The first-order valence-corrected chi connectivity index (χ1v) is 8.71. The summed E-state index contributed by atoms with van der Waals surface area (Å²) in [6.07, 6.45) is 4.48. The van der Waals surface area contributed by atoms with Crippen molar-refractivity contribution >= 4 is 0 Å². The quantitative estimate of drug-likeness (QED) is 0.611. The molecular weight excluding hydrogens is 306 g/mol. The van der Waals surface area contributed by atoms with Crippen molar-refractivity contribution in [3.05, 3.63) is 95.3 Å². The molecule has 25 heavy (non-hydrogen) atoms. The molecule has 0 spiro atoms. The first kappa shape index (κ1) is 17.2. The minimum Gasteiger partial charge on any atom is -0.487 e. The van der Waals surface area contributed by atoms with Gasteiger partial charge in [0, 0.05) is 18.2 Å². The van der Waals surface area contributed by atoms with Crippen LogP contribution < -0.4 is 4.74 Å². The average molecular weight is 331 g/mol. The molecule has 0 fully saturated rings. The van der Waals surface area contributed by atoms with Crippen LogP contribution >= 0.6 is 0 Å². The third kappa shape index (κ3) is 4.69.